The van der Waals surface area contributed by atoms with E-state index in [1.54, 1.807) is 0 Å². The van der Waals surface area contributed by atoms with E-state index in [1.807, 2.05) is 13.8 Å². The summed E-state index contributed by atoms with van der Waals surface area (Å²) >= 11 is 1.38. The number of carbonyl (C=O) groups excluding carboxylic acids is 1. The van der Waals surface area contributed by atoms with Crippen molar-refractivity contribution in [3.05, 3.63) is 4.88 Å². The van der Waals surface area contributed by atoms with E-state index in [9.17, 15) is 4.79 Å². The van der Waals surface area contributed by atoms with Crippen molar-refractivity contribution in [2.45, 2.75) is 39.2 Å². The van der Waals surface area contributed by atoms with Gasteiger partial charge in [-0.25, -0.2) is 4.98 Å². The van der Waals surface area contributed by atoms with Gasteiger partial charge >= 0.3 is 0 Å². The molecule has 0 bridgehead atoms. The van der Waals surface area contributed by atoms with Crippen molar-refractivity contribution >= 4 is 28.2 Å². The van der Waals surface area contributed by atoms with Crippen molar-refractivity contribution in [2.75, 3.05) is 36.9 Å². The first kappa shape index (κ1) is 16.0. The molecule has 1 unspecified atom stereocenters. The zero-order valence-electron chi connectivity index (χ0n) is 12.7. The minimum Gasteiger partial charge on any atom is -0.382 e. The van der Waals surface area contributed by atoms with Gasteiger partial charge in [0.1, 0.15) is 10.7 Å². The molecule has 0 aromatic carbocycles. The number of aromatic nitrogens is 1. The average Bonchev–Trinajstić information content (AvgIpc) is 2.88. The fourth-order valence-electron chi connectivity index (χ4n) is 2.33. The lowest BCUT2D eigenvalue weighted by atomic mass is 10.1. The van der Waals surface area contributed by atoms with Gasteiger partial charge in [-0.2, -0.15) is 0 Å². The van der Waals surface area contributed by atoms with Gasteiger partial charge in [0.2, 0.25) is 0 Å². The zero-order chi connectivity index (χ0) is 15.2. The Morgan fingerprint density at radius 1 is 1.48 bits per heavy atom. The Hall–Kier alpha value is -1.34. The normalized spacial score (nSPS) is 16.8. The minimum absolute atomic E-state index is 0.0441. The Kier molecular flexibility index (Phi) is 5.81. The molecule has 118 valence electrons. The van der Waals surface area contributed by atoms with Crippen LogP contribution < -0.4 is 16.0 Å². The number of nitrogens with zero attached hydrogens (tertiary/aromatic N) is 2. The summed E-state index contributed by atoms with van der Waals surface area (Å²) in [7, 11) is 0. The standard InChI is InChI=1S/C14H24N4O2S/c1-3-20-9-10(2)16-13(19)11-12(15)17-14(21-11)18-7-5-4-6-8-18/h10H,3-9,15H2,1-2H3,(H,16,19). The third kappa shape index (κ3) is 4.31. The number of nitrogens with two attached hydrogens (primary N) is 1. The fraction of sp³-hybridized carbons (Fsp3) is 0.714. The Morgan fingerprint density at radius 3 is 2.86 bits per heavy atom. The predicted octanol–water partition coefficient (Wildman–Crippen LogP) is 1.87. The van der Waals surface area contributed by atoms with E-state index < -0.39 is 0 Å². The zero-order valence-corrected chi connectivity index (χ0v) is 13.5. The molecule has 0 saturated carbocycles. The summed E-state index contributed by atoms with van der Waals surface area (Å²) in [5.41, 5.74) is 5.91. The van der Waals surface area contributed by atoms with Gasteiger partial charge in [-0.05, 0) is 33.1 Å². The first-order valence-electron chi connectivity index (χ1n) is 7.51. The number of amides is 1. The summed E-state index contributed by atoms with van der Waals surface area (Å²) < 4.78 is 5.30. The third-order valence-electron chi connectivity index (χ3n) is 3.42. The smallest absolute Gasteiger partial charge is 0.265 e. The van der Waals surface area contributed by atoms with Gasteiger partial charge < -0.3 is 20.7 Å². The van der Waals surface area contributed by atoms with Crippen LogP contribution in [0.1, 0.15) is 42.8 Å². The number of hydrogen-bond acceptors (Lipinski definition) is 6. The molecule has 0 aliphatic carbocycles. The molecule has 21 heavy (non-hydrogen) atoms. The summed E-state index contributed by atoms with van der Waals surface area (Å²) in [6.45, 7) is 6.97. The van der Waals surface area contributed by atoms with E-state index in [2.05, 4.69) is 15.2 Å². The largest absolute Gasteiger partial charge is 0.382 e. The highest BCUT2D eigenvalue weighted by molar-refractivity contribution is 7.18. The van der Waals surface area contributed by atoms with E-state index in [1.165, 1.54) is 30.6 Å². The molecule has 1 aromatic heterocycles. The molecule has 2 rings (SSSR count). The molecule has 3 N–H and O–H groups in total. The molecule has 1 aliphatic rings. The lowest BCUT2D eigenvalue weighted by Crippen LogP contribution is -2.35. The van der Waals surface area contributed by atoms with Crippen LogP contribution in [0.2, 0.25) is 0 Å². The third-order valence-corrected chi connectivity index (χ3v) is 4.56. The van der Waals surface area contributed by atoms with Crippen LogP contribution in [-0.2, 0) is 4.74 Å². The number of thiazole rings is 1. The van der Waals surface area contributed by atoms with Crippen LogP contribution >= 0.6 is 11.3 Å². The van der Waals surface area contributed by atoms with Crippen LogP contribution in [0.3, 0.4) is 0 Å². The average molecular weight is 312 g/mol. The van der Waals surface area contributed by atoms with E-state index in [4.69, 9.17) is 10.5 Å². The molecule has 1 aromatic rings. The van der Waals surface area contributed by atoms with Crippen molar-refractivity contribution in [3.8, 4) is 0 Å². The number of ether oxygens (including phenoxy) is 1. The summed E-state index contributed by atoms with van der Waals surface area (Å²) in [5.74, 6) is 0.155. The lowest BCUT2D eigenvalue weighted by molar-refractivity contribution is 0.0876. The number of rotatable bonds is 6. The number of piperidine rings is 1. The molecule has 7 heteroatoms. The first-order valence-corrected chi connectivity index (χ1v) is 8.33. The van der Waals surface area contributed by atoms with Crippen LogP contribution in [-0.4, -0.2) is 43.2 Å². The molecule has 1 amide bonds. The molecule has 1 aliphatic heterocycles. The van der Waals surface area contributed by atoms with Gasteiger partial charge in [0.05, 0.1) is 6.61 Å². The maximum Gasteiger partial charge on any atom is 0.265 e. The van der Waals surface area contributed by atoms with E-state index >= 15 is 0 Å². The quantitative estimate of drug-likeness (QED) is 0.838. The van der Waals surface area contributed by atoms with E-state index in [-0.39, 0.29) is 11.9 Å². The van der Waals surface area contributed by atoms with E-state index in [0.29, 0.717) is 23.9 Å². The molecule has 1 saturated heterocycles. The van der Waals surface area contributed by atoms with Gasteiger partial charge in [0.15, 0.2) is 5.13 Å². The maximum absolute atomic E-state index is 12.2. The predicted molar refractivity (Wildman–Crippen MR) is 86.0 cm³/mol. The van der Waals surface area contributed by atoms with Gasteiger partial charge in [-0.1, -0.05) is 11.3 Å². The summed E-state index contributed by atoms with van der Waals surface area (Å²) in [6, 6.07) is -0.0441. The monoisotopic (exact) mass is 312 g/mol. The SMILES string of the molecule is CCOCC(C)NC(=O)c1sc(N2CCCCC2)nc1N. The number of carbonyl (C=O) groups is 1. The number of nitrogens with one attached hydrogen (secondary N) is 1. The van der Waals surface area contributed by atoms with Gasteiger partial charge in [-0.15, -0.1) is 0 Å². The maximum atomic E-state index is 12.2. The van der Waals surface area contributed by atoms with Crippen LogP contribution in [0.4, 0.5) is 10.9 Å². The topological polar surface area (TPSA) is 80.5 Å². The van der Waals surface area contributed by atoms with Crippen LogP contribution in [0.5, 0.6) is 0 Å². The first-order chi connectivity index (χ1) is 10.1. The van der Waals surface area contributed by atoms with Crippen molar-refractivity contribution in [3.63, 3.8) is 0 Å². The fourth-order valence-corrected chi connectivity index (χ4v) is 3.27. The van der Waals surface area contributed by atoms with Crippen LogP contribution in [0, 0.1) is 0 Å². The molecular weight excluding hydrogens is 288 g/mol. The highest BCUT2D eigenvalue weighted by Crippen LogP contribution is 2.29. The summed E-state index contributed by atoms with van der Waals surface area (Å²) in [4.78, 5) is 19.3. The Labute approximate surface area is 129 Å². The van der Waals surface area contributed by atoms with Gasteiger partial charge in [0.25, 0.3) is 5.91 Å². The second kappa shape index (κ2) is 7.61. The van der Waals surface area contributed by atoms with Crippen LogP contribution in [0.15, 0.2) is 0 Å². The molecular formula is C14H24N4O2S. The number of nitrogen functional groups attached to an aromatic ring is 1. The molecule has 1 atom stereocenters. The molecule has 2 heterocycles. The lowest BCUT2D eigenvalue weighted by Gasteiger charge is -2.25. The van der Waals surface area contributed by atoms with Crippen molar-refractivity contribution in [1.29, 1.82) is 0 Å². The van der Waals surface area contributed by atoms with Crippen molar-refractivity contribution in [1.82, 2.24) is 10.3 Å². The van der Waals surface area contributed by atoms with Gasteiger partial charge in [0, 0.05) is 25.7 Å². The Balaban J connectivity index is 1.99. The second-order valence-electron chi connectivity index (χ2n) is 5.29. The van der Waals surface area contributed by atoms with E-state index in [0.717, 1.165) is 18.2 Å². The number of anilines is 2. The highest BCUT2D eigenvalue weighted by Gasteiger charge is 2.21. The van der Waals surface area contributed by atoms with Crippen molar-refractivity contribution < 1.29 is 9.53 Å². The number of hydrogen-bond donors (Lipinski definition) is 2. The Bertz CT molecular complexity index is 472. The summed E-state index contributed by atoms with van der Waals surface area (Å²) in [5, 5.41) is 3.75. The highest BCUT2D eigenvalue weighted by atomic mass is 32.1. The minimum atomic E-state index is -0.166. The second-order valence-corrected chi connectivity index (χ2v) is 6.27. The molecule has 6 nitrogen and oxygen atoms in total. The Morgan fingerprint density at radius 2 is 2.19 bits per heavy atom. The molecule has 0 radical (unpaired) electrons. The summed E-state index contributed by atoms with van der Waals surface area (Å²) in [6.07, 6.45) is 3.61. The van der Waals surface area contributed by atoms with Gasteiger partial charge in [-0.3, -0.25) is 4.79 Å². The van der Waals surface area contributed by atoms with Crippen LogP contribution in [0.25, 0.3) is 0 Å². The molecule has 1 fully saturated rings. The molecule has 0 spiro atoms. The van der Waals surface area contributed by atoms with Crippen molar-refractivity contribution in [2.24, 2.45) is 0 Å².